The van der Waals surface area contributed by atoms with E-state index in [1.165, 1.54) is 17.2 Å². The zero-order chi connectivity index (χ0) is 15.3. The van der Waals surface area contributed by atoms with Crippen LogP contribution >= 0.6 is 0 Å². The van der Waals surface area contributed by atoms with Crippen molar-refractivity contribution in [2.24, 2.45) is 11.8 Å². The Kier molecular flexibility index (Phi) is 3.06. The average Bonchev–Trinajstić information content (AvgIpc) is 3.05. The number of esters is 1. The molecular formula is C18H18O4. The van der Waals surface area contributed by atoms with Crippen molar-refractivity contribution in [3.8, 4) is 0 Å². The van der Waals surface area contributed by atoms with E-state index in [1.54, 1.807) is 0 Å². The Morgan fingerprint density at radius 3 is 2.73 bits per heavy atom. The molecule has 1 aromatic heterocycles. The van der Waals surface area contributed by atoms with Crippen molar-refractivity contribution in [1.29, 1.82) is 0 Å². The summed E-state index contributed by atoms with van der Waals surface area (Å²) in [5.74, 6) is 0.305. The molecule has 1 fully saturated rings. The van der Waals surface area contributed by atoms with E-state index >= 15 is 0 Å². The number of benzene rings is 1. The fourth-order valence-corrected chi connectivity index (χ4v) is 3.32. The molecule has 2 aliphatic rings. The molecule has 0 N–H and O–H groups in total. The van der Waals surface area contributed by atoms with Crippen molar-refractivity contribution < 1.29 is 13.9 Å². The zero-order valence-corrected chi connectivity index (χ0v) is 12.6. The van der Waals surface area contributed by atoms with Crippen LogP contribution in [0.5, 0.6) is 0 Å². The second-order valence-electron chi connectivity index (χ2n) is 6.49. The van der Waals surface area contributed by atoms with Gasteiger partial charge in [0, 0.05) is 17.0 Å². The van der Waals surface area contributed by atoms with Crippen LogP contribution in [-0.4, -0.2) is 5.97 Å². The molecule has 114 valence electrons. The first kappa shape index (κ1) is 13.6. The summed E-state index contributed by atoms with van der Waals surface area (Å²) in [7, 11) is 0. The fraction of sp³-hybridized carbons (Fsp3) is 0.444. The van der Waals surface area contributed by atoms with Gasteiger partial charge >= 0.3 is 11.6 Å². The van der Waals surface area contributed by atoms with E-state index in [2.05, 4.69) is 6.07 Å². The first-order valence-corrected chi connectivity index (χ1v) is 7.87. The molecule has 1 aromatic carbocycles. The van der Waals surface area contributed by atoms with Gasteiger partial charge in [0.15, 0.2) is 0 Å². The van der Waals surface area contributed by atoms with Crippen molar-refractivity contribution in [3.63, 3.8) is 0 Å². The summed E-state index contributed by atoms with van der Waals surface area (Å²) >= 11 is 0. The smallest absolute Gasteiger partial charge is 0.336 e. The molecule has 0 saturated heterocycles. The number of hydrogen-bond donors (Lipinski definition) is 0. The molecule has 1 saturated carbocycles. The Morgan fingerprint density at radius 2 is 2.00 bits per heavy atom. The van der Waals surface area contributed by atoms with Gasteiger partial charge in [-0.15, -0.1) is 0 Å². The topological polar surface area (TPSA) is 56.5 Å². The van der Waals surface area contributed by atoms with E-state index in [1.807, 2.05) is 13.0 Å². The second-order valence-corrected chi connectivity index (χ2v) is 6.49. The summed E-state index contributed by atoms with van der Waals surface area (Å²) in [6.45, 7) is 2.19. The van der Waals surface area contributed by atoms with Gasteiger partial charge in [-0.2, -0.15) is 0 Å². The summed E-state index contributed by atoms with van der Waals surface area (Å²) in [6.07, 6.45) is 4.14. The van der Waals surface area contributed by atoms with Crippen LogP contribution in [0.1, 0.15) is 36.5 Å². The highest BCUT2D eigenvalue weighted by Gasteiger charge is 2.40. The summed E-state index contributed by atoms with van der Waals surface area (Å²) < 4.78 is 10.7. The van der Waals surface area contributed by atoms with E-state index in [0.29, 0.717) is 11.5 Å². The van der Waals surface area contributed by atoms with Crippen molar-refractivity contribution in [2.45, 2.75) is 39.2 Å². The minimum Gasteiger partial charge on any atom is -0.461 e. The van der Waals surface area contributed by atoms with Gasteiger partial charge in [0.25, 0.3) is 0 Å². The predicted molar refractivity (Wildman–Crippen MR) is 81.6 cm³/mol. The molecule has 0 radical (unpaired) electrons. The fourth-order valence-electron chi connectivity index (χ4n) is 3.32. The van der Waals surface area contributed by atoms with Gasteiger partial charge in [0.1, 0.15) is 12.2 Å². The molecular weight excluding hydrogens is 280 g/mol. The van der Waals surface area contributed by atoms with Gasteiger partial charge in [0.2, 0.25) is 0 Å². The second kappa shape index (κ2) is 4.97. The van der Waals surface area contributed by atoms with Crippen LogP contribution in [0.2, 0.25) is 0 Å². The standard InChI is InChI=1S/C18H18O4/c1-10-5-14(10)18(20)21-9-13-8-17(19)22-16-7-12-4-2-3-11(12)6-15(13)16/h6-8,10,14H,2-5,9H2,1H3/t10-,14-/m1/s1. The molecule has 0 amide bonds. The lowest BCUT2D eigenvalue weighted by Crippen LogP contribution is -2.10. The lowest BCUT2D eigenvalue weighted by molar-refractivity contribution is -0.146. The van der Waals surface area contributed by atoms with Crippen molar-refractivity contribution in [1.82, 2.24) is 0 Å². The van der Waals surface area contributed by atoms with Crippen molar-refractivity contribution in [2.75, 3.05) is 0 Å². The van der Waals surface area contributed by atoms with E-state index < -0.39 is 5.63 Å². The third kappa shape index (κ3) is 2.32. The minimum absolute atomic E-state index is 0.0376. The molecule has 4 nitrogen and oxygen atoms in total. The minimum atomic E-state index is -0.392. The molecule has 4 rings (SSSR count). The molecule has 2 aliphatic carbocycles. The molecule has 1 heterocycles. The Hall–Kier alpha value is -2.10. The number of carbonyl (C=O) groups excluding carboxylic acids is 1. The highest BCUT2D eigenvalue weighted by Crippen LogP contribution is 2.39. The first-order valence-electron chi connectivity index (χ1n) is 7.87. The molecule has 0 aliphatic heterocycles. The van der Waals surface area contributed by atoms with Crippen LogP contribution < -0.4 is 5.63 Å². The highest BCUT2D eigenvalue weighted by atomic mass is 16.5. The van der Waals surface area contributed by atoms with E-state index in [0.717, 1.165) is 36.6 Å². The zero-order valence-electron chi connectivity index (χ0n) is 12.6. The van der Waals surface area contributed by atoms with Gasteiger partial charge in [-0.3, -0.25) is 4.79 Å². The Labute approximate surface area is 128 Å². The lowest BCUT2D eigenvalue weighted by Gasteiger charge is -2.09. The summed E-state index contributed by atoms with van der Waals surface area (Å²) in [4.78, 5) is 23.6. The van der Waals surface area contributed by atoms with Gasteiger partial charge < -0.3 is 9.15 Å². The largest absolute Gasteiger partial charge is 0.461 e. The van der Waals surface area contributed by atoms with Crippen LogP contribution in [0.3, 0.4) is 0 Å². The Morgan fingerprint density at radius 1 is 1.27 bits per heavy atom. The summed E-state index contributed by atoms with van der Waals surface area (Å²) in [5.41, 5.74) is 3.51. The van der Waals surface area contributed by atoms with Crippen LogP contribution in [-0.2, 0) is 29.0 Å². The molecule has 2 aromatic rings. The third-order valence-corrected chi connectivity index (χ3v) is 4.82. The highest BCUT2D eigenvalue weighted by molar-refractivity contribution is 5.82. The average molecular weight is 298 g/mol. The number of rotatable bonds is 3. The van der Waals surface area contributed by atoms with Gasteiger partial charge in [0.05, 0.1) is 5.92 Å². The van der Waals surface area contributed by atoms with E-state index in [9.17, 15) is 9.59 Å². The molecule has 22 heavy (non-hydrogen) atoms. The Bertz CT molecular complexity index is 818. The molecule has 0 bridgehead atoms. The number of fused-ring (bicyclic) bond motifs is 2. The number of aryl methyl sites for hydroxylation is 2. The number of ether oxygens (including phenoxy) is 1. The maximum Gasteiger partial charge on any atom is 0.336 e. The summed E-state index contributed by atoms with van der Waals surface area (Å²) in [5, 5.41) is 0.886. The van der Waals surface area contributed by atoms with Gasteiger partial charge in [-0.1, -0.05) is 6.92 Å². The van der Waals surface area contributed by atoms with Gasteiger partial charge in [-0.05, 0) is 54.9 Å². The maximum absolute atomic E-state index is 11.9. The molecule has 4 heteroatoms. The maximum atomic E-state index is 11.9. The third-order valence-electron chi connectivity index (χ3n) is 4.82. The SMILES string of the molecule is C[C@@H]1C[C@H]1C(=O)OCc1cc(=O)oc2cc3c(cc12)CCC3. The number of carbonyl (C=O) groups is 1. The number of hydrogen-bond acceptors (Lipinski definition) is 4. The summed E-state index contributed by atoms with van der Waals surface area (Å²) in [6, 6.07) is 5.49. The molecule has 0 spiro atoms. The van der Waals surface area contributed by atoms with Crippen molar-refractivity contribution in [3.05, 3.63) is 45.3 Å². The first-order chi connectivity index (χ1) is 10.6. The normalized spacial score (nSPS) is 22.6. The van der Waals surface area contributed by atoms with Crippen LogP contribution in [0.25, 0.3) is 11.0 Å². The van der Waals surface area contributed by atoms with E-state index in [-0.39, 0.29) is 18.5 Å². The lowest BCUT2D eigenvalue weighted by atomic mass is 10.0. The van der Waals surface area contributed by atoms with Crippen LogP contribution in [0.15, 0.2) is 27.4 Å². The van der Waals surface area contributed by atoms with E-state index in [4.69, 9.17) is 9.15 Å². The van der Waals surface area contributed by atoms with Crippen LogP contribution in [0.4, 0.5) is 0 Å². The molecule has 2 atom stereocenters. The Balaban J connectivity index is 1.67. The van der Waals surface area contributed by atoms with Gasteiger partial charge in [-0.25, -0.2) is 4.79 Å². The van der Waals surface area contributed by atoms with Crippen molar-refractivity contribution >= 4 is 16.9 Å². The predicted octanol–water partition coefficient (Wildman–Crippen LogP) is 2.98. The van der Waals surface area contributed by atoms with Crippen LogP contribution in [0, 0.1) is 11.8 Å². The molecule has 0 unspecified atom stereocenters. The quantitative estimate of drug-likeness (QED) is 0.645. The monoisotopic (exact) mass is 298 g/mol.